The average molecular weight is 279 g/mol. The smallest absolute Gasteiger partial charge is 0.233 e. The molecule has 6 heteroatoms. The van der Waals surface area contributed by atoms with E-state index in [1.807, 2.05) is 6.07 Å². The minimum absolute atomic E-state index is 0.0699. The molecule has 0 saturated heterocycles. The molecule has 0 amide bonds. The van der Waals surface area contributed by atoms with E-state index in [9.17, 15) is 8.42 Å². The molecule has 0 aliphatic rings. The summed E-state index contributed by atoms with van der Waals surface area (Å²) in [5.41, 5.74) is 5.70. The van der Waals surface area contributed by atoms with E-state index in [0.29, 0.717) is 5.69 Å². The molecule has 14 heavy (non-hydrogen) atoms. The molecule has 1 aromatic rings. The standard InChI is InChI=1S/C8H11BrN2O2S/c9-7-2-1-3-8(6-7)11-14(12,13)5-4-10/h1-3,6,11H,4-5,10H2. The summed E-state index contributed by atoms with van der Waals surface area (Å²) in [7, 11) is -3.30. The Bertz CT molecular complexity index is 406. The van der Waals surface area contributed by atoms with Crippen LogP contribution in [-0.2, 0) is 10.0 Å². The summed E-state index contributed by atoms with van der Waals surface area (Å²) < 4.78 is 25.9. The second-order valence-electron chi connectivity index (χ2n) is 2.72. The van der Waals surface area contributed by atoms with Gasteiger partial charge in [0.1, 0.15) is 0 Å². The fraction of sp³-hybridized carbons (Fsp3) is 0.250. The lowest BCUT2D eigenvalue weighted by molar-refractivity contribution is 0.601. The van der Waals surface area contributed by atoms with E-state index in [1.165, 1.54) is 0 Å². The lowest BCUT2D eigenvalue weighted by Crippen LogP contribution is -2.22. The van der Waals surface area contributed by atoms with E-state index < -0.39 is 10.0 Å². The van der Waals surface area contributed by atoms with Crippen LogP contribution in [-0.4, -0.2) is 20.7 Å². The Morgan fingerprint density at radius 1 is 1.43 bits per heavy atom. The predicted octanol–water partition coefficient (Wildman–Crippen LogP) is 1.15. The number of hydrogen-bond donors (Lipinski definition) is 2. The second kappa shape index (κ2) is 4.77. The third kappa shape index (κ3) is 3.65. The van der Waals surface area contributed by atoms with E-state index in [2.05, 4.69) is 20.7 Å². The second-order valence-corrected chi connectivity index (χ2v) is 5.48. The maximum atomic E-state index is 11.3. The third-order valence-electron chi connectivity index (χ3n) is 1.48. The van der Waals surface area contributed by atoms with Gasteiger partial charge in [0.05, 0.1) is 5.75 Å². The van der Waals surface area contributed by atoms with Gasteiger partial charge in [-0.15, -0.1) is 0 Å². The van der Waals surface area contributed by atoms with Gasteiger partial charge in [0.15, 0.2) is 0 Å². The topological polar surface area (TPSA) is 72.2 Å². The van der Waals surface area contributed by atoms with E-state index in [-0.39, 0.29) is 12.3 Å². The van der Waals surface area contributed by atoms with Gasteiger partial charge in [-0.3, -0.25) is 4.72 Å². The minimum atomic E-state index is -3.30. The fourth-order valence-corrected chi connectivity index (χ4v) is 2.24. The first kappa shape index (κ1) is 11.5. The first-order valence-electron chi connectivity index (χ1n) is 3.99. The molecule has 78 valence electrons. The monoisotopic (exact) mass is 278 g/mol. The van der Waals surface area contributed by atoms with Crippen molar-refractivity contribution in [2.75, 3.05) is 17.0 Å². The van der Waals surface area contributed by atoms with Gasteiger partial charge >= 0.3 is 0 Å². The van der Waals surface area contributed by atoms with Gasteiger partial charge in [-0.05, 0) is 18.2 Å². The molecule has 3 N–H and O–H groups in total. The molecular weight excluding hydrogens is 268 g/mol. The maximum absolute atomic E-state index is 11.3. The molecular formula is C8H11BrN2O2S. The largest absolute Gasteiger partial charge is 0.329 e. The number of halogens is 1. The Morgan fingerprint density at radius 2 is 2.14 bits per heavy atom. The summed E-state index contributed by atoms with van der Waals surface area (Å²) in [4.78, 5) is 0. The molecule has 0 radical (unpaired) electrons. The van der Waals surface area contributed by atoms with Crippen LogP contribution in [0.15, 0.2) is 28.7 Å². The molecule has 0 fully saturated rings. The van der Waals surface area contributed by atoms with Gasteiger partial charge in [-0.1, -0.05) is 22.0 Å². The number of nitrogens with two attached hydrogens (primary N) is 1. The van der Waals surface area contributed by atoms with Crippen molar-refractivity contribution in [2.45, 2.75) is 0 Å². The third-order valence-corrected chi connectivity index (χ3v) is 3.30. The van der Waals surface area contributed by atoms with Crippen molar-refractivity contribution in [3.63, 3.8) is 0 Å². The van der Waals surface area contributed by atoms with Crippen molar-refractivity contribution in [1.29, 1.82) is 0 Å². The first-order valence-corrected chi connectivity index (χ1v) is 6.44. The summed E-state index contributed by atoms with van der Waals surface area (Å²) in [6.45, 7) is 0.114. The van der Waals surface area contributed by atoms with Crippen molar-refractivity contribution in [3.8, 4) is 0 Å². The molecule has 4 nitrogen and oxygen atoms in total. The maximum Gasteiger partial charge on any atom is 0.233 e. The summed E-state index contributed by atoms with van der Waals surface area (Å²) in [5, 5.41) is 0. The summed E-state index contributed by atoms with van der Waals surface area (Å²) >= 11 is 3.25. The zero-order chi connectivity index (χ0) is 10.6. The zero-order valence-corrected chi connectivity index (χ0v) is 9.81. The highest BCUT2D eigenvalue weighted by atomic mass is 79.9. The van der Waals surface area contributed by atoms with Crippen LogP contribution in [0.2, 0.25) is 0 Å². The Balaban J connectivity index is 2.79. The van der Waals surface area contributed by atoms with Gasteiger partial charge in [-0.25, -0.2) is 8.42 Å². The average Bonchev–Trinajstić information content (AvgIpc) is 2.02. The molecule has 0 aliphatic heterocycles. The van der Waals surface area contributed by atoms with E-state index in [4.69, 9.17) is 5.73 Å². The highest BCUT2D eigenvalue weighted by Crippen LogP contribution is 2.16. The van der Waals surface area contributed by atoms with Crippen molar-refractivity contribution >= 4 is 31.6 Å². The highest BCUT2D eigenvalue weighted by molar-refractivity contribution is 9.10. The van der Waals surface area contributed by atoms with Crippen LogP contribution < -0.4 is 10.5 Å². The summed E-state index contributed by atoms with van der Waals surface area (Å²) in [6, 6.07) is 6.94. The Labute approximate surface area is 91.7 Å². The summed E-state index contributed by atoms with van der Waals surface area (Å²) in [6.07, 6.45) is 0. The lowest BCUT2D eigenvalue weighted by atomic mass is 10.3. The molecule has 0 atom stereocenters. The van der Waals surface area contributed by atoms with Gasteiger partial charge in [0.25, 0.3) is 0 Å². The van der Waals surface area contributed by atoms with Gasteiger partial charge in [0, 0.05) is 16.7 Å². The van der Waals surface area contributed by atoms with Crippen molar-refractivity contribution in [1.82, 2.24) is 0 Å². The van der Waals surface area contributed by atoms with Crippen LogP contribution in [0.1, 0.15) is 0 Å². The molecule has 0 saturated carbocycles. The Kier molecular flexibility index (Phi) is 3.91. The van der Waals surface area contributed by atoms with Crippen LogP contribution in [0.5, 0.6) is 0 Å². The van der Waals surface area contributed by atoms with Crippen molar-refractivity contribution in [2.24, 2.45) is 5.73 Å². The number of sulfonamides is 1. The Hall–Kier alpha value is -0.590. The van der Waals surface area contributed by atoms with Crippen LogP contribution in [0.3, 0.4) is 0 Å². The van der Waals surface area contributed by atoms with Crippen molar-refractivity contribution in [3.05, 3.63) is 28.7 Å². The van der Waals surface area contributed by atoms with Crippen LogP contribution in [0.25, 0.3) is 0 Å². The number of benzene rings is 1. The lowest BCUT2D eigenvalue weighted by Gasteiger charge is -2.06. The molecule has 1 aromatic carbocycles. The normalized spacial score (nSPS) is 11.3. The number of nitrogens with one attached hydrogen (secondary N) is 1. The Morgan fingerprint density at radius 3 is 2.71 bits per heavy atom. The van der Waals surface area contributed by atoms with E-state index in [1.54, 1.807) is 18.2 Å². The van der Waals surface area contributed by atoms with E-state index in [0.717, 1.165) is 4.47 Å². The van der Waals surface area contributed by atoms with Gasteiger partial charge < -0.3 is 5.73 Å². The highest BCUT2D eigenvalue weighted by Gasteiger charge is 2.08. The molecule has 0 spiro atoms. The summed E-state index contributed by atoms with van der Waals surface area (Å²) in [5.74, 6) is -0.0699. The number of anilines is 1. The zero-order valence-electron chi connectivity index (χ0n) is 7.40. The predicted molar refractivity (Wildman–Crippen MR) is 60.6 cm³/mol. The molecule has 0 bridgehead atoms. The minimum Gasteiger partial charge on any atom is -0.329 e. The molecule has 0 heterocycles. The molecule has 0 unspecified atom stereocenters. The van der Waals surface area contributed by atoms with Crippen LogP contribution >= 0.6 is 15.9 Å². The number of rotatable bonds is 4. The molecule has 0 aromatic heterocycles. The van der Waals surface area contributed by atoms with Gasteiger partial charge in [0.2, 0.25) is 10.0 Å². The SMILES string of the molecule is NCCS(=O)(=O)Nc1cccc(Br)c1. The van der Waals surface area contributed by atoms with Crippen LogP contribution in [0.4, 0.5) is 5.69 Å². The number of hydrogen-bond acceptors (Lipinski definition) is 3. The molecule has 1 rings (SSSR count). The fourth-order valence-electron chi connectivity index (χ4n) is 0.938. The van der Waals surface area contributed by atoms with Crippen LogP contribution in [0, 0.1) is 0 Å². The quantitative estimate of drug-likeness (QED) is 0.868. The van der Waals surface area contributed by atoms with E-state index >= 15 is 0 Å². The van der Waals surface area contributed by atoms with Crippen molar-refractivity contribution < 1.29 is 8.42 Å². The van der Waals surface area contributed by atoms with Gasteiger partial charge in [-0.2, -0.15) is 0 Å². The first-order chi connectivity index (χ1) is 6.53. The molecule has 0 aliphatic carbocycles.